The first-order valence-corrected chi connectivity index (χ1v) is 17.0. The molecule has 53 heavy (non-hydrogen) atoms. The van der Waals surface area contributed by atoms with Gasteiger partial charge in [-0.2, -0.15) is 5.26 Å². The number of hydrogen-bond donors (Lipinski definition) is 1. The number of nitrogens with zero attached hydrogens (tertiary/aromatic N) is 9. The molecule has 0 radical (unpaired) electrons. The molecule has 4 aromatic carbocycles. The molecule has 11 heteroatoms. The molecule has 0 unspecified atom stereocenters. The Kier molecular flexibility index (Phi) is 9.04. The summed E-state index contributed by atoms with van der Waals surface area (Å²) in [6, 6.07) is 34.0. The molecule has 0 fully saturated rings. The van der Waals surface area contributed by atoms with Gasteiger partial charge in [0.1, 0.15) is 28.8 Å². The Morgan fingerprint density at radius 2 is 1.00 bits per heavy atom. The van der Waals surface area contributed by atoms with Crippen LogP contribution in [0.5, 0.6) is 0 Å². The summed E-state index contributed by atoms with van der Waals surface area (Å²) in [5.41, 5.74) is 16.3. The second kappa shape index (κ2) is 13.9. The van der Waals surface area contributed by atoms with Crippen LogP contribution in [0.1, 0.15) is 50.1 Å². The molecule has 0 spiro atoms. The Balaban J connectivity index is 0.000000164. The third-order valence-corrected chi connectivity index (χ3v) is 9.02. The van der Waals surface area contributed by atoms with Gasteiger partial charge in [0.2, 0.25) is 0 Å². The van der Waals surface area contributed by atoms with Crippen LogP contribution in [-0.4, -0.2) is 44.9 Å². The molecule has 8 rings (SSSR count). The number of aryl methyl sites for hydroxylation is 6. The number of hydrogen-bond acceptors (Lipinski definition) is 8. The molecular formula is C42H36N10O. The lowest BCUT2D eigenvalue weighted by atomic mass is 10.1. The molecule has 0 saturated carbocycles. The number of carbonyl (C=O) groups is 1. The fraction of sp³-hybridized carbons (Fsp3) is 0.143. The van der Waals surface area contributed by atoms with E-state index in [1.807, 2.05) is 148 Å². The van der Waals surface area contributed by atoms with Crippen LogP contribution in [0, 0.1) is 52.9 Å². The van der Waals surface area contributed by atoms with Gasteiger partial charge >= 0.3 is 0 Å². The van der Waals surface area contributed by atoms with Crippen molar-refractivity contribution >= 4 is 28.2 Å². The maximum atomic E-state index is 12.1. The number of rotatable bonds is 5. The number of primary amides is 1. The van der Waals surface area contributed by atoms with E-state index in [4.69, 9.17) is 15.7 Å². The average molecular weight is 697 g/mol. The maximum Gasteiger partial charge on any atom is 0.269 e. The number of carbonyl (C=O) groups excluding carboxylic acids is 1. The first-order valence-electron chi connectivity index (χ1n) is 17.0. The van der Waals surface area contributed by atoms with Crippen molar-refractivity contribution in [3.05, 3.63) is 142 Å². The van der Waals surface area contributed by atoms with Crippen LogP contribution in [0.15, 0.2) is 97.1 Å². The minimum atomic E-state index is -0.620. The summed E-state index contributed by atoms with van der Waals surface area (Å²) in [6.45, 7) is 11.9. The Morgan fingerprint density at radius 1 is 0.566 bits per heavy atom. The number of nitriles is 1. The molecule has 0 aliphatic rings. The number of benzene rings is 4. The minimum Gasteiger partial charge on any atom is -0.364 e. The van der Waals surface area contributed by atoms with Crippen molar-refractivity contribution in [2.24, 2.45) is 5.73 Å². The van der Waals surface area contributed by atoms with Gasteiger partial charge < -0.3 is 5.73 Å². The highest BCUT2D eigenvalue weighted by Gasteiger charge is 2.22. The third-order valence-electron chi connectivity index (χ3n) is 9.02. The van der Waals surface area contributed by atoms with Crippen LogP contribution in [0.25, 0.3) is 56.5 Å². The molecule has 0 aliphatic carbocycles. The molecular weight excluding hydrogens is 661 g/mol. The number of amides is 1. The quantitative estimate of drug-likeness (QED) is 0.191. The summed E-state index contributed by atoms with van der Waals surface area (Å²) in [4.78, 5) is 39.5. The van der Waals surface area contributed by atoms with E-state index in [1.165, 1.54) is 0 Å². The van der Waals surface area contributed by atoms with E-state index in [2.05, 4.69) is 26.0 Å². The Morgan fingerprint density at radius 3 is 1.45 bits per heavy atom. The van der Waals surface area contributed by atoms with Crippen LogP contribution >= 0.6 is 0 Å². The van der Waals surface area contributed by atoms with Gasteiger partial charge in [0.25, 0.3) is 5.91 Å². The predicted molar refractivity (Wildman–Crippen MR) is 206 cm³/mol. The van der Waals surface area contributed by atoms with Gasteiger partial charge in [0.05, 0.1) is 11.4 Å². The summed E-state index contributed by atoms with van der Waals surface area (Å²) in [6.07, 6.45) is 0. The zero-order valence-corrected chi connectivity index (χ0v) is 30.2. The van der Waals surface area contributed by atoms with Crippen LogP contribution in [0.3, 0.4) is 0 Å². The van der Waals surface area contributed by atoms with Crippen molar-refractivity contribution in [2.75, 3.05) is 0 Å². The Hall–Kier alpha value is -7.06. The first-order chi connectivity index (χ1) is 25.5. The lowest BCUT2D eigenvalue weighted by molar-refractivity contribution is 0.0997. The lowest BCUT2D eigenvalue weighted by Gasteiger charge is -2.10. The van der Waals surface area contributed by atoms with Crippen LogP contribution in [0.4, 0.5) is 0 Å². The highest BCUT2D eigenvalue weighted by molar-refractivity contribution is 6.02. The number of imidazole rings is 2. The van der Waals surface area contributed by atoms with E-state index in [9.17, 15) is 10.1 Å². The van der Waals surface area contributed by atoms with Crippen molar-refractivity contribution < 1.29 is 4.79 Å². The predicted octanol–water partition coefficient (Wildman–Crippen LogP) is 7.79. The summed E-state index contributed by atoms with van der Waals surface area (Å²) >= 11 is 0. The molecule has 4 heterocycles. The monoisotopic (exact) mass is 696 g/mol. The van der Waals surface area contributed by atoms with Crippen molar-refractivity contribution in [1.29, 1.82) is 5.26 Å². The van der Waals surface area contributed by atoms with Gasteiger partial charge in [-0.1, -0.05) is 96.1 Å². The SMILES string of the molecule is Cc1ccc(-c2nc(C#N)c3nc(C)n(-c4ccccc4C)c3n2)cc1.Cc1ccc(-c2nc(C(N)=O)c3nc(C)n(-c4ccccc4C)c3n2)cc1. The van der Waals surface area contributed by atoms with Crippen LogP contribution in [0.2, 0.25) is 0 Å². The molecule has 1 amide bonds. The van der Waals surface area contributed by atoms with E-state index in [0.717, 1.165) is 56.4 Å². The number of para-hydroxylation sites is 2. The summed E-state index contributed by atoms with van der Waals surface area (Å²) in [7, 11) is 0. The fourth-order valence-electron chi connectivity index (χ4n) is 6.25. The van der Waals surface area contributed by atoms with Gasteiger partial charge in [-0.3, -0.25) is 13.9 Å². The molecule has 2 N–H and O–H groups in total. The van der Waals surface area contributed by atoms with Crippen LogP contribution in [-0.2, 0) is 0 Å². The van der Waals surface area contributed by atoms with E-state index in [-0.39, 0.29) is 5.69 Å². The second-order valence-corrected chi connectivity index (χ2v) is 12.9. The van der Waals surface area contributed by atoms with E-state index < -0.39 is 5.91 Å². The zero-order chi connectivity index (χ0) is 37.4. The second-order valence-electron chi connectivity index (χ2n) is 12.9. The maximum absolute atomic E-state index is 12.1. The van der Waals surface area contributed by atoms with Gasteiger partial charge in [-0.05, 0) is 64.8 Å². The Bertz CT molecular complexity index is 2720. The largest absolute Gasteiger partial charge is 0.364 e. The van der Waals surface area contributed by atoms with Gasteiger partial charge in [0, 0.05) is 11.1 Å². The van der Waals surface area contributed by atoms with Crippen molar-refractivity contribution in [3.63, 3.8) is 0 Å². The topological polar surface area (TPSA) is 154 Å². The average Bonchev–Trinajstić information content (AvgIpc) is 3.66. The number of nitrogens with two attached hydrogens (primary N) is 1. The molecule has 8 aromatic rings. The van der Waals surface area contributed by atoms with Crippen molar-refractivity contribution in [1.82, 2.24) is 39.0 Å². The lowest BCUT2D eigenvalue weighted by Crippen LogP contribution is -2.15. The third kappa shape index (κ3) is 6.50. The molecule has 260 valence electrons. The highest BCUT2D eigenvalue weighted by atomic mass is 16.1. The summed E-state index contributed by atoms with van der Waals surface area (Å²) < 4.78 is 3.93. The van der Waals surface area contributed by atoms with E-state index >= 15 is 0 Å². The van der Waals surface area contributed by atoms with Gasteiger partial charge in [-0.15, -0.1) is 0 Å². The number of fused-ring (bicyclic) bond motifs is 2. The zero-order valence-electron chi connectivity index (χ0n) is 30.2. The first kappa shape index (κ1) is 34.4. The molecule has 0 aliphatic heterocycles. The van der Waals surface area contributed by atoms with Crippen molar-refractivity contribution in [2.45, 2.75) is 41.5 Å². The summed E-state index contributed by atoms with van der Waals surface area (Å²) in [5, 5.41) is 9.59. The molecule has 0 saturated heterocycles. The van der Waals surface area contributed by atoms with Gasteiger partial charge in [0.15, 0.2) is 34.3 Å². The van der Waals surface area contributed by atoms with Gasteiger partial charge in [-0.25, -0.2) is 29.9 Å². The standard InChI is InChI=1S/C21H19N5O.C21H17N5/c1-12-8-10-15(11-9-12)20-24-17(19(22)27)18-21(25-20)26(14(3)23-18)16-7-5-4-6-13(16)2;1-13-8-10-16(11-9-13)20-24-17(12-22)19-21(25-20)26(15(3)23-19)18-7-5-4-6-14(18)2/h4-11H,1-3H3,(H2,22,27);4-11H,1-3H3. The van der Waals surface area contributed by atoms with Crippen LogP contribution < -0.4 is 5.73 Å². The summed E-state index contributed by atoms with van der Waals surface area (Å²) in [5.74, 6) is 1.86. The molecule has 4 aromatic heterocycles. The highest BCUT2D eigenvalue weighted by Crippen LogP contribution is 2.28. The normalized spacial score (nSPS) is 11.0. The molecule has 0 atom stereocenters. The van der Waals surface area contributed by atoms with E-state index in [1.54, 1.807) is 0 Å². The Labute approximate surface area is 306 Å². The smallest absolute Gasteiger partial charge is 0.269 e. The van der Waals surface area contributed by atoms with Crippen molar-refractivity contribution in [3.8, 4) is 40.2 Å². The van der Waals surface area contributed by atoms with E-state index in [0.29, 0.717) is 39.7 Å². The fourth-order valence-corrected chi connectivity index (χ4v) is 6.25. The minimum absolute atomic E-state index is 0.131. The molecule has 11 nitrogen and oxygen atoms in total. The number of aromatic nitrogens is 8. The molecule has 0 bridgehead atoms.